The first kappa shape index (κ1) is 32.0. The number of carbonyl (C=O) groups is 2. The lowest BCUT2D eigenvalue weighted by Crippen LogP contribution is -2.37. The SMILES string of the molecule is CCC1=C[C@@H](/C(C)=C/C(C)(O)CCC(OC)C(C)C(O)C(C)/C=C2\OC(C)=CC2=O)O[C@@H](C(C)C(=O)O)C1. The highest BCUT2D eigenvalue weighted by Crippen LogP contribution is 2.32. The van der Waals surface area contributed by atoms with Crippen molar-refractivity contribution in [2.45, 2.75) is 104 Å². The summed E-state index contributed by atoms with van der Waals surface area (Å²) in [4.78, 5) is 23.5. The molecule has 8 atom stereocenters. The van der Waals surface area contributed by atoms with Crippen LogP contribution in [0.25, 0.3) is 0 Å². The van der Waals surface area contributed by atoms with Crippen LogP contribution in [0.4, 0.5) is 0 Å². The molecule has 38 heavy (non-hydrogen) atoms. The van der Waals surface area contributed by atoms with Gasteiger partial charge in [-0.2, -0.15) is 0 Å². The van der Waals surface area contributed by atoms with Crippen molar-refractivity contribution >= 4 is 11.8 Å². The number of hydrogen-bond acceptors (Lipinski definition) is 7. The lowest BCUT2D eigenvalue weighted by atomic mass is 9.84. The largest absolute Gasteiger partial charge is 0.481 e. The number of carboxylic acids is 1. The Kier molecular flexibility index (Phi) is 11.5. The minimum atomic E-state index is -1.17. The van der Waals surface area contributed by atoms with Gasteiger partial charge in [-0.15, -0.1) is 0 Å². The average Bonchev–Trinajstić information content (AvgIpc) is 3.18. The minimum Gasteiger partial charge on any atom is -0.481 e. The van der Waals surface area contributed by atoms with Gasteiger partial charge in [-0.1, -0.05) is 38.5 Å². The molecule has 6 unspecified atom stereocenters. The molecule has 0 bridgehead atoms. The van der Waals surface area contributed by atoms with E-state index in [4.69, 9.17) is 14.2 Å². The average molecular weight is 535 g/mol. The van der Waals surface area contributed by atoms with Crippen molar-refractivity contribution in [3.05, 3.63) is 47.0 Å². The number of carbonyl (C=O) groups excluding carboxylic acids is 1. The van der Waals surface area contributed by atoms with Crippen LogP contribution >= 0.6 is 0 Å². The van der Waals surface area contributed by atoms with Gasteiger partial charge in [0.25, 0.3) is 0 Å². The third-order valence-electron chi connectivity index (χ3n) is 7.72. The fourth-order valence-corrected chi connectivity index (χ4v) is 5.11. The molecule has 2 rings (SSSR count). The molecule has 8 nitrogen and oxygen atoms in total. The maximum absolute atomic E-state index is 12.0. The van der Waals surface area contributed by atoms with Gasteiger partial charge in [0.05, 0.1) is 35.9 Å². The monoisotopic (exact) mass is 534 g/mol. The molecule has 0 saturated carbocycles. The smallest absolute Gasteiger partial charge is 0.308 e. The first-order chi connectivity index (χ1) is 17.7. The van der Waals surface area contributed by atoms with Gasteiger partial charge in [0, 0.05) is 25.0 Å². The van der Waals surface area contributed by atoms with Crippen LogP contribution in [0.2, 0.25) is 0 Å². The third-order valence-corrected chi connectivity index (χ3v) is 7.72. The van der Waals surface area contributed by atoms with Crippen molar-refractivity contribution < 1.29 is 39.1 Å². The molecule has 0 aromatic carbocycles. The Morgan fingerprint density at radius 1 is 1.32 bits per heavy atom. The number of ketones is 1. The lowest BCUT2D eigenvalue weighted by Gasteiger charge is -2.34. The highest BCUT2D eigenvalue weighted by atomic mass is 16.5. The number of hydrogen-bond donors (Lipinski definition) is 3. The first-order valence-corrected chi connectivity index (χ1v) is 13.5. The lowest BCUT2D eigenvalue weighted by molar-refractivity contribution is -0.147. The van der Waals surface area contributed by atoms with E-state index in [-0.39, 0.29) is 29.5 Å². The second-order valence-corrected chi connectivity index (χ2v) is 11.1. The van der Waals surface area contributed by atoms with E-state index in [1.807, 2.05) is 33.8 Å². The predicted molar refractivity (Wildman–Crippen MR) is 145 cm³/mol. The van der Waals surface area contributed by atoms with Gasteiger partial charge in [0.1, 0.15) is 5.76 Å². The molecule has 0 spiro atoms. The standard InChI is InChI=1S/C30H46O8/c1-9-22-14-25(38-26(15-22)21(6)29(33)34)18(3)16-30(7,35)11-10-24(36-8)20(5)28(32)17(2)12-27-23(31)13-19(4)37-27/h12-14,16-17,20-21,24-26,28,32,35H,9-11,15H2,1-8H3,(H,33,34)/b18-16+,27-12-/t17?,20?,21?,24?,25-,26+,28?,30?/m0/s1. The van der Waals surface area contributed by atoms with Crippen LogP contribution in [0.1, 0.15) is 74.1 Å². The van der Waals surface area contributed by atoms with E-state index in [1.54, 1.807) is 40.0 Å². The van der Waals surface area contributed by atoms with Gasteiger partial charge in [-0.05, 0) is 65.0 Å². The number of aliphatic carboxylic acids is 1. The van der Waals surface area contributed by atoms with Crippen molar-refractivity contribution in [3.8, 4) is 0 Å². The topological polar surface area (TPSA) is 123 Å². The fraction of sp³-hybridized carbons (Fsp3) is 0.667. The van der Waals surface area contributed by atoms with Crippen LogP contribution in [-0.4, -0.2) is 64.2 Å². The van der Waals surface area contributed by atoms with Gasteiger partial charge >= 0.3 is 5.97 Å². The third kappa shape index (κ3) is 8.63. The Bertz CT molecular complexity index is 973. The highest BCUT2D eigenvalue weighted by Gasteiger charge is 2.33. The van der Waals surface area contributed by atoms with E-state index >= 15 is 0 Å². The second kappa shape index (κ2) is 13.7. The van der Waals surface area contributed by atoms with Gasteiger partial charge in [-0.3, -0.25) is 9.59 Å². The zero-order valence-corrected chi connectivity index (χ0v) is 24.1. The number of ether oxygens (including phenoxy) is 3. The maximum atomic E-state index is 12.0. The molecule has 0 amide bonds. The molecule has 0 fully saturated rings. The molecule has 0 aromatic heterocycles. The molecule has 0 saturated heterocycles. The van der Waals surface area contributed by atoms with Crippen molar-refractivity contribution in [2.75, 3.05) is 7.11 Å². The zero-order valence-electron chi connectivity index (χ0n) is 24.1. The van der Waals surface area contributed by atoms with Crippen LogP contribution in [-0.2, 0) is 23.8 Å². The van der Waals surface area contributed by atoms with Crippen molar-refractivity contribution in [1.82, 2.24) is 0 Å². The van der Waals surface area contributed by atoms with Crippen molar-refractivity contribution in [3.63, 3.8) is 0 Å². The Morgan fingerprint density at radius 3 is 2.50 bits per heavy atom. The molecule has 3 N–H and O–H groups in total. The number of allylic oxidation sites excluding steroid dienone is 2. The van der Waals surface area contributed by atoms with Gasteiger partial charge in [0.2, 0.25) is 5.78 Å². The summed E-state index contributed by atoms with van der Waals surface area (Å²) in [6.07, 6.45) is 7.20. The maximum Gasteiger partial charge on any atom is 0.308 e. The number of rotatable bonds is 13. The second-order valence-electron chi connectivity index (χ2n) is 11.1. The number of methoxy groups -OCH3 is 1. The number of aliphatic hydroxyl groups is 2. The van der Waals surface area contributed by atoms with Crippen molar-refractivity contribution in [1.29, 1.82) is 0 Å². The fourth-order valence-electron chi connectivity index (χ4n) is 5.11. The van der Waals surface area contributed by atoms with Crippen LogP contribution in [0, 0.1) is 17.8 Å². The Morgan fingerprint density at radius 2 is 1.97 bits per heavy atom. The van der Waals surface area contributed by atoms with E-state index in [0.29, 0.717) is 25.0 Å². The van der Waals surface area contributed by atoms with E-state index in [0.717, 1.165) is 17.6 Å². The zero-order chi connectivity index (χ0) is 28.8. The quantitative estimate of drug-likeness (QED) is 0.229. The molecular formula is C30H46O8. The first-order valence-electron chi connectivity index (χ1n) is 13.5. The van der Waals surface area contributed by atoms with Gasteiger partial charge in [0.15, 0.2) is 5.76 Å². The summed E-state index contributed by atoms with van der Waals surface area (Å²) in [5.41, 5.74) is 0.797. The summed E-state index contributed by atoms with van der Waals surface area (Å²) in [6.45, 7) is 12.7. The number of carboxylic acid groups (broad SMARTS) is 1. The molecule has 0 aliphatic carbocycles. The summed E-state index contributed by atoms with van der Waals surface area (Å²) >= 11 is 0. The highest BCUT2D eigenvalue weighted by molar-refractivity contribution is 6.04. The van der Waals surface area contributed by atoms with E-state index in [1.165, 1.54) is 6.08 Å². The van der Waals surface area contributed by atoms with Crippen LogP contribution in [0.15, 0.2) is 47.0 Å². The Hall–Kier alpha value is -2.26. The molecule has 2 aliphatic heterocycles. The predicted octanol–water partition coefficient (Wildman–Crippen LogP) is 4.71. The minimum absolute atomic E-state index is 0.206. The van der Waals surface area contributed by atoms with Crippen molar-refractivity contribution in [2.24, 2.45) is 17.8 Å². The van der Waals surface area contributed by atoms with E-state index < -0.39 is 35.8 Å². The number of aliphatic hydroxyl groups excluding tert-OH is 1. The molecule has 214 valence electrons. The van der Waals surface area contributed by atoms with Crippen LogP contribution in [0.5, 0.6) is 0 Å². The Labute approximate surface area is 227 Å². The molecule has 0 aromatic rings. The Balaban J connectivity index is 2.05. The normalized spacial score (nSPS) is 27.1. The van der Waals surface area contributed by atoms with E-state index in [2.05, 4.69) is 0 Å². The van der Waals surface area contributed by atoms with Crippen LogP contribution in [0.3, 0.4) is 0 Å². The summed E-state index contributed by atoms with van der Waals surface area (Å²) in [5, 5.41) is 31.6. The molecular weight excluding hydrogens is 488 g/mol. The van der Waals surface area contributed by atoms with E-state index in [9.17, 15) is 24.9 Å². The van der Waals surface area contributed by atoms with Gasteiger partial charge in [-0.25, -0.2) is 0 Å². The molecule has 0 radical (unpaired) electrons. The van der Waals surface area contributed by atoms with Crippen LogP contribution < -0.4 is 0 Å². The molecule has 8 heteroatoms. The van der Waals surface area contributed by atoms with Gasteiger partial charge < -0.3 is 29.5 Å². The molecule has 2 aliphatic rings. The summed E-state index contributed by atoms with van der Waals surface area (Å²) in [5.74, 6) is -1.58. The molecule has 2 heterocycles. The summed E-state index contributed by atoms with van der Waals surface area (Å²) < 4.78 is 17.2. The summed E-state index contributed by atoms with van der Waals surface area (Å²) in [6, 6.07) is 0. The summed E-state index contributed by atoms with van der Waals surface area (Å²) in [7, 11) is 1.58.